The molecule has 0 unspecified atom stereocenters. The van der Waals surface area contributed by atoms with E-state index < -0.39 is 17.5 Å². The summed E-state index contributed by atoms with van der Waals surface area (Å²) in [5.74, 6) is -1.11. The monoisotopic (exact) mass is 460 g/mol. The minimum atomic E-state index is -0.878. The summed E-state index contributed by atoms with van der Waals surface area (Å²) in [6.07, 6.45) is 2.97. The van der Waals surface area contributed by atoms with Gasteiger partial charge in [0.2, 0.25) is 5.91 Å². The number of rotatable bonds is 9. The van der Waals surface area contributed by atoms with Crippen molar-refractivity contribution < 1.29 is 27.8 Å². The Kier molecular flexibility index (Phi) is 8.63. The first-order valence-electron chi connectivity index (χ1n) is 11.2. The quantitative estimate of drug-likeness (QED) is 0.566. The van der Waals surface area contributed by atoms with Crippen LogP contribution in [0, 0.1) is 17.6 Å². The number of ether oxygens (including phenoxy) is 2. The van der Waals surface area contributed by atoms with E-state index in [2.05, 4.69) is 12.2 Å². The lowest BCUT2D eigenvalue weighted by molar-refractivity contribution is -0.126. The number of carbonyl (C=O) groups excluding carboxylic acids is 2. The summed E-state index contributed by atoms with van der Waals surface area (Å²) in [5, 5.41) is 2.94. The lowest BCUT2D eigenvalue weighted by Crippen LogP contribution is -2.43. The van der Waals surface area contributed by atoms with E-state index in [1.54, 1.807) is 7.11 Å². The van der Waals surface area contributed by atoms with Crippen molar-refractivity contribution in [3.8, 4) is 11.5 Å². The molecule has 0 saturated carbocycles. The van der Waals surface area contributed by atoms with Gasteiger partial charge in [0, 0.05) is 31.6 Å². The van der Waals surface area contributed by atoms with Crippen LogP contribution < -0.4 is 14.8 Å². The Hall–Kier alpha value is -3.16. The SMILES string of the molecule is CCCCOc1ccc(CNC(=O)C2CCN(C(=O)c3ccc(F)cc3F)CC2)cc1OC. The van der Waals surface area contributed by atoms with Crippen LogP contribution in [0.4, 0.5) is 8.78 Å². The van der Waals surface area contributed by atoms with Crippen LogP contribution in [0.3, 0.4) is 0 Å². The summed E-state index contributed by atoms with van der Waals surface area (Å²) < 4.78 is 38.1. The van der Waals surface area contributed by atoms with Gasteiger partial charge in [0.25, 0.3) is 5.91 Å². The van der Waals surface area contributed by atoms with Crippen molar-refractivity contribution in [2.24, 2.45) is 5.92 Å². The van der Waals surface area contributed by atoms with Gasteiger partial charge in [0.05, 0.1) is 19.3 Å². The Morgan fingerprint density at radius 3 is 2.52 bits per heavy atom. The van der Waals surface area contributed by atoms with Gasteiger partial charge in [0.1, 0.15) is 11.6 Å². The Labute approximate surface area is 192 Å². The molecule has 2 aromatic carbocycles. The van der Waals surface area contributed by atoms with Crippen molar-refractivity contribution in [1.29, 1.82) is 0 Å². The van der Waals surface area contributed by atoms with E-state index in [9.17, 15) is 18.4 Å². The van der Waals surface area contributed by atoms with Crippen LogP contribution in [0.2, 0.25) is 0 Å². The first-order valence-corrected chi connectivity index (χ1v) is 11.2. The van der Waals surface area contributed by atoms with Crippen molar-refractivity contribution in [2.75, 3.05) is 26.8 Å². The number of methoxy groups -OCH3 is 1. The maximum atomic E-state index is 13.9. The van der Waals surface area contributed by atoms with Gasteiger partial charge < -0.3 is 19.7 Å². The van der Waals surface area contributed by atoms with Crippen LogP contribution in [0.25, 0.3) is 0 Å². The molecule has 6 nitrogen and oxygen atoms in total. The number of nitrogens with one attached hydrogen (secondary N) is 1. The van der Waals surface area contributed by atoms with Crippen molar-refractivity contribution in [3.05, 3.63) is 59.2 Å². The van der Waals surface area contributed by atoms with E-state index in [-0.39, 0.29) is 17.4 Å². The zero-order chi connectivity index (χ0) is 23.8. The number of carbonyl (C=O) groups is 2. The maximum Gasteiger partial charge on any atom is 0.256 e. The summed E-state index contributed by atoms with van der Waals surface area (Å²) in [5.41, 5.74) is 0.734. The fraction of sp³-hybridized carbons (Fsp3) is 0.440. The molecule has 0 spiro atoms. The third kappa shape index (κ3) is 6.43. The zero-order valence-corrected chi connectivity index (χ0v) is 19.0. The van der Waals surface area contributed by atoms with Crippen LogP contribution in [0.5, 0.6) is 11.5 Å². The number of unbranched alkanes of at least 4 members (excludes halogenated alkanes) is 1. The molecule has 0 aromatic heterocycles. The van der Waals surface area contributed by atoms with E-state index >= 15 is 0 Å². The number of halogens is 2. The van der Waals surface area contributed by atoms with Crippen LogP contribution in [-0.2, 0) is 11.3 Å². The van der Waals surface area contributed by atoms with Crippen molar-refractivity contribution in [1.82, 2.24) is 10.2 Å². The lowest BCUT2D eigenvalue weighted by atomic mass is 9.95. The molecule has 3 rings (SSSR count). The Bertz CT molecular complexity index is 975. The van der Waals surface area contributed by atoms with Crippen molar-refractivity contribution >= 4 is 11.8 Å². The number of hydrogen-bond acceptors (Lipinski definition) is 4. The molecule has 1 aliphatic heterocycles. The topological polar surface area (TPSA) is 67.9 Å². The predicted molar refractivity (Wildman–Crippen MR) is 120 cm³/mol. The molecule has 1 N–H and O–H groups in total. The summed E-state index contributed by atoms with van der Waals surface area (Å²) in [4.78, 5) is 26.7. The number of piperidine rings is 1. The van der Waals surface area contributed by atoms with Gasteiger partial charge in [-0.05, 0) is 49.1 Å². The molecule has 0 radical (unpaired) electrons. The molecule has 0 atom stereocenters. The molecular formula is C25H30F2N2O4. The molecule has 1 heterocycles. The highest BCUT2D eigenvalue weighted by Gasteiger charge is 2.28. The molecule has 1 aliphatic rings. The third-order valence-electron chi connectivity index (χ3n) is 5.76. The highest BCUT2D eigenvalue weighted by atomic mass is 19.1. The van der Waals surface area contributed by atoms with Gasteiger partial charge in [-0.2, -0.15) is 0 Å². The Morgan fingerprint density at radius 1 is 1.09 bits per heavy atom. The average Bonchev–Trinajstić information content (AvgIpc) is 2.83. The minimum Gasteiger partial charge on any atom is -0.493 e. The first kappa shape index (κ1) is 24.5. The number of benzene rings is 2. The molecule has 2 aromatic rings. The molecule has 1 fully saturated rings. The van der Waals surface area contributed by atoms with E-state index in [0.717, 1.165) is 30.5 Å². The second-order valence-corrected chi connectivity index (χ2v) is 8.10. The van der Waals surface area contributed by atoms with Crippen LogP contribution in [0.15, 0.2) is 36.4 Å². The molecule has 33 heavy (non-hydrogen) atoms. The predicted octanol–water partition coefficient (Wildman–Crippen LogP) is 4.32. The van der Waals surface area contributed by atoms with Crippen molar-refractivity contribution in [2.45, 2.75) is 39.2 Å². The molecular weight excluding hydrogens is 430 g/mol. The van der Waals surface area contributed by atoms with Gasteiger partial charge in [-0.3, -0.25) is 9.59 Å². The average molecular weight is 461 g/mol. The number of hydrogen-bond donors (Lipinski definition) is 1. The number of amides is 2. The van der Waals surface area contributed by atoms with E-state index in [4.69, 9.17) is 9.47 Å². The normalized spacial score (nSPS) is 14.1. The third-order valence-corrected chi connectivity index (χ3v) is 5.76. The standard InChI is InChI=1S/C25H30F2N2O4/c1-3-4-13-33-22-8-5-17(14-23(22)32-2)16-28-24(30)18-9-11-29(12-10-18)25(31)20-7-6-19(26)15-21(20)27/h5-8,14-15,18H,3-4,9-13,16H2,1-2H3,(H,28,30). The van der Waals surface area contributed by atoms with Gasteiger partial charge >= 0.3 is 0 Å². The van der Waals surface area contributed by atoms with Gasteiger partial charge in [-0.1, -0.05) is 19.4 Å². The van der Waals surface area contributed by atoms with E-state index in [0.29, 0.717) is 56.6 Å². The highest BCUT2D eigenvalue weighted by molar-refractivity contribution is 5.94. The fourth-order valence-corrected chi connectivity index (χ4v) is 3.78. The molecule has 0 bridgehead atoms. The van der Waals surface area contributed by atoms with E-state index in [1.165, 1.54) is 4.90 Å². The van der Waals surface area contributed by atoms with Crippen LogP contribution >= 0.6 is 0 Å². The largest absolute Gasteiger partial charge is 0.493 e. The zero-order valence-electron chi connectivity index (χ0n) is 19.0. The molecule has 178 valence electrons. The van der Waals surface area contributed by atoms with Crippen LogP contribution in [0.1, 0.15) is 48.5 Å². The van der Waals surface area contributed by atoms with Gasteiger partial charge in [-0.15, -0.1) is 0 Å². The fourth-order valence-electron chi connectivity index (χ4n) is 3.78. The number of nitrogens with zero attached hydrogens (tertiary/aromatic N) is 1. The lowest BCUT2D eigenvalue weighted by Gasteiger charge is -2.31. The Balaban J connectivity index is 1.49. The van der Waals surface area contributed by atoms with Gasteiger partial charge in [-0.25, -0.2) is 8.78 Å². The van der Waals surface area contributed by atoms with Gasteiger partial charge in [0.15, 0.2) is 11.5 Å². The molecule has 1 saturated heterocycles. The smallest absolute Gasteiger partial charge is 0.256 e. The van der Waals surface area contributed by atoms with Crippen molar-refractivity contribution in [3.63, 3.8) is 0 Å². The molecule has 0 aliphatic carbocycles. The van der Waals surface area contributed by atoms with E-state index in [1.807, 2.05) is 18.2 Å². The summed E-state index contributed by atoms with van der Waals surface area (Å²) in [6.45, 7) is 3.75. The second kappa shape index (κ2) is 11.6. The van der Waals surface area contributed by atoms with Crippen LogP contribution in [-0.4, -0.2) is 43.5 Å². The molecule has 8 heteroatoms. The first-order chi connectivity index (χ1) is 15.9. The Morgan fingerprint density at radius 2 is 1.85 bits per heavy atom. The summed E-state index contributed by atoms with van der Waals surface area (Å²) in [7, 11) is 1.58. The summed E-state index contributed by atoms with van der Waals surface area (Å²) in [6, 6.07) is 8.50. The highest BCUT2D eigenvalue weighted by Crippen LogP contribution is 2.28. The second-order valence-electron chi connectivity index (χ2n) is 8.10. The molecule has 2 amide bonds. The maximum absolute atomic E-state index is 13.9. The number of likely N-dealkylation sites (tertiary alicyclic amines) is 1. The summed E-state index contributed by atoms with van der Waals surface area (Å²) >= 11 is 0. The minimum absolute atomic E-state index is 0.0858.